The average molecular weight is 173 g/mol. The van der Waals surface area contributed by atoms with E-state index < -0.39 is 11.9 Å². The summed E-state index contributed by atoms with van der Waals surface area (Å²) in [5.74, 6) is -1.31. The Hall–Kier alpha value is -1.06. The summed E-state index contributed by atoms with van der Waals surface area (Å²) in [5, 5.41) is 8.51. The van der Waals surface area contributed by atoms with Crippen molar-refractivity contribution in [3.8, 4) is 0 Å². The number of carbonyl (C=O) groups excluding carboxylic acids is 1. The van der Waals surface area contributed by atoms with Gasteiger partial charge in [-0.15, -0.1) is 0 Å². The molecular weight excluding hydrogens is 158 g/mol. The van der Waals surface area contributed by atoms with Crippen LogP contribution in [-0.4, -0.2) is 36.0 Å². The van der Waals surface area contributed by atoms with Crippen molar-refractivity contribution in [2.24, 2.45) is 5.92 Å². The number of rotatable bonds is 4. The Bertz CT molecular complexity index is 177. The van der Waals surface area contributed by atoms with Crippen molar-refractivity contribution in [1.29, 1.82) is 0 Å². The van der Waals surface area contributed by atoms with E-state index in [2.05, 4.69) is 0 Å². The van der Waals surface area contributed by atoms with E-state index in [0.29, 0.717) is 12.8 Å². The number of nitrogens with zero attached hydrogens (tertiary/aromatic N) is 1. The first-order valence-corrected chi connectivity index (χ1v) is 3.88. The summed E-state index contributed by atoms with van der Waals surface area (Å²) in [6, 6.07) is 0. The predicted octanol–water partition coefficient (Wildman–Crippen LogP) is 0.575. The van der Waals surface area contributed by atoms with Crippen LogP contribution in [0.3, 0.4) is 0 Å². The molecule has 1 amide bonds. The third-order valence-electron chi connectivity index (χ3n) is 1.71. The Morgan fingerprint density at radius 1 is 1.42 bits per heavy atom. The van der Waals surface area contributed by atoms with Crippen molar-refractivity contribution in [3.05, 3.63) is 0 Å². The second kappa shape index (κ2) is 4.74. The van der Waals surface area contributed by atoms with Crippen molar-refractivity contribution in [1.82, 2.24) is 4.90 Å². The molecule has 0 aromatic heterocycles. The fourth-order valence-electron chi connectivity index (χ4n) is 0.687. The summed E-state index contributed by atoms with van der Waals surface area (Å²) in [7, 11) is 3.32. The molecule has 0 aliphatic rings. The fraction of sp³-hybridized carbons (Fsp3) is 0.750. The van der Waals surface area contributed by atoms with Crippen molar-refractivity contribution in [3.63, 3.8) is 0 Å². The quantitative estimate of drug-likeness (QED) is 0.676. The molecule has 4 heteroatoms. The first-order chi connectivity index (χ1) is 5.45. The van der Waals surface area contributed by atoms with Crippen LogP contribution in [-0.2, 0) is 9.59 Å². The zero-order chi connectivity index (χ0) is 9.72. The average Bonchev–Trinajstić information content (AvgIpc) is 1.98. The summed E-state index contributed by atoms with van der Waals surface area (Å²) in [5.41, 5.74) is 0. The van der Waals surface area contributed by atoms with Gasteiger partial charge < -0.3 is 10.0 Å². The summed E-state index contributed by atoms with van der Waals surface area (Å²) >= 11 is 0. The molecule has 70 valence electrons. The van der Waals surface area contributed by atoms with Gasteiger partial charge in [-0.1, -0.05) is 6.92 Å². The van der Waals surface area contributed by atoms with Crippen LogP contribution >= 0.6 is 0 Å². The Morgan fingerprint density at radius 2 is 1.92 bits per heavy atom. The standard InChI is InChI=1S/C8H15NO3/c1-6(8(11)12)4-5-7(10)9(2)3/h6H,4-5H2,1-3H3,(H,11,12). The van der Waals surface area contributed by atoms with E-state index in [4.69, 9.17) is 5.11 Å². The number of carbonyl (C=O) groups is 2. The van der Waals surface area contributed by atoms with E-state index in [1.54, 1.807) is 21.0 Å². The lowest BCUT2D eigenvalue weighted by Gasteiger charge is -2.10. The normalized spacial score (nSPS) is 12.2. The zero-order valence-corrected chi connectivity index (χ0v) is 7.70. The molecule has 0 fully saturated rings. The van der Waals surface area contributed by atoms with Gasteiger partial charge in [0.05, 0.1) is 5.92 Å². The molecule has 0 aromatic rings. The molecule has 0 radical (unpaired) electrons. The number of aliphatic carboxylic acids is 1. The lowest BCUT2D eigenvalue weighted by atomic mass is 10.1. The molecular formula is C8H15NO3. The lowest BCUT2D eigenvalue weighted by molar-refractivity contribution is -0.141. The Kier molecular flexibility index (Phi) is 4.33. The third-order valence-corrected chi connectivity index (χ3v) is 1.71. The van der Waals surface area contributed by atoms with Gasteiger partial charge in [-0.2, -0.15) is 0 Å². The van der Waals surface area contributed by atoms with Crippen LogP contribution < -0.4 is 0 Å². The highest BCUT2D eigenvalue weighted by Gasteiger charge is 2.13. The summed E-state index contributed by atoms with van der Waals surface area (Å²) < 4.78 is 0. The van der Waals surface area contributed by atoms with Gasteiger partial charge in [0.15, 0.2) is 0 Å². The minimum absolute atomic E-state index is 0.0249. The number of carboxylic acid groups (broad SMARTS) is 1. The summed E-state index contributed by atoms with van der Waals surface area (Å²) in [6.07, 6.45) is 0.715. The molecule has 0 rings (SSSR count). The van der Waals surface area contributed by atoms with Crippen LogP contribution in [0.4, 0.5) is 0 Å². The molecule has 0 heterocycles. The van der Waals surface area contributed by atoms with E-state index in [1.165, 1.54) is 4.90 Å². The molecule has 0 aliphatic heterocycles. The number of hydrogen-bond acceptors (Lipinski definition) is 2. The fourth-order valence-corrected chi connectivity index (χ4v) is 0.687. The molecule has 0 aliphatic carbocycles. The summed E-state index contributed by atoms with van der Waals surface area (Å²) in [4.78, 5) is 22.8. The van der Waals surface area contributed by atoms with Crippen molar-refractivity contribution in [2.75, 3.05) is 14.1 Å². The van der Waals surface area contributed by atoms with Gasteiger partial charge in [0.25, 0.3) is 0 Å². The van der Waals surface area contributed by atoms with Gasteiger partial charge >= 0.3 is 5.97 Å². The van der Waals surface area contributed by atoms with Crippen LogP contribution in [0.15, 0.2) is 0 Å². The Balaban J connectivity index is 3.69. The molecule has 0 aromatic carbocycles. The maximum atomic E-state index is 11.0. The number of amides is 1. The zero-order valence-electron chi connectivity index (χ0n) is 7.70. The highest BCUT2D eigenvalue weighted by Crippen LogP contribution is 2.06. The maximum absolute atomic E-state index is 11.0. The molecule has 0 saturated carbocycles. The van der Waals surface area contributed by atoms with Crippen molar-refractivity contribution >= 4 is 11.9 Å². The van der Waals surface area contributed by atoms with Crippen LogP contribution in [0.5, 0.6) is 0 Å². The largest absolute Gasteiger partial charge is 0.481 e. The van der Waals surface area contributed by atoms with Crippen LogP contribution in [0.1, 0.15) is 19.8 Å². The Labute approximate surface area is 72.2 Å². The predicted molar refractivity (Wildman–Crippen MR) is 44.7 cm³/mol. The van der Waals surface area contributed by atoms with Crippen LogP contribution in [0.2, 0.25) is 0 Å². The smallest absolute Gasteiger partial charge is 0.306 e. The number of carboxylic acids is 1. The molecule has 0 saturated heterocycles. The highest BCUT2D eigenvalue weighted by molar-refractivity contribution is 5.76. The van der Waals surface area contributed by atoms with Crippen molar-refractivity contribution < 1.29 is 14.7 Å². The van der Waals surface area contributed by atoms with Crippen LogP contribution in [0, 0.1) is 5.92 Å². The minimum Gasteiger partial charge on any atom is -0.481 e. The van der Waals surface area contributed by atoms with Gasteiger partial charge in [-0.25, -0.2) is 0 Å². The topological polar surface area (TPSA) is 57.6 Å². The molecule has 1 atom stereocenters. The third kappa shape index (κ3) is 3.95. The first-order valence-electron chi connectivity index (χ1n) is 3.88. The van der Waals surface area contributed by atoms with Gasteiger partial charge in [0, 0.05) is 20.5 Å². The summed E-state index contributed by atoms with van der Waals surface area (Å²) in [6.45, 7) is 1.60. The van der Waals surface area contributed by atoms with Gasteiger partial charge in [0.1, 0.15) is 0 Å². The van der Waals surface area contributed by atoms with E-state index in [0.717, 1.165) is 0 Å². The van der Waals surface area contributed by atoms with E-state index in [-0.39, 0.29) is 5.91 Å². The first kappa shape index (κ1) is 10.9. The second-order valence-electron chi connectivity index (χ2n) is 3.07. The Morgan fingerprint density at radius 3 is 2.25 bits per heavy atom. The van der Waals surface area contributed by atoms with Crippen LogP contribution in [0.25, 0.3) is 0 Å². The molecule has 1 unspecified atom stereocenters. The van der Waals surface area contributed by atoms with E-state index >= 15 is 0 Å². The van der Waals surface area contributed by atoms with Gasteiger partial charge in [0.2, 0.25) is 5.91 Å². The lowest BCUT2D eigenvalue weighted by Crippen LogP contribution is -2.22. The van der Waals surface area contributed by atoms with E-state index in [1.807, 2.05) is 0 Å². The highest BCUT2D eigenvalue weighted by atomic mass is 16.4. The second-order valence-corrected chi connectivity index (χ2v) is 3.07. The maximum Gasteiger partial charge on any atom is 0.306 e. The number of hydrogen-bond donors (Lipinski definition) is 1. The molecule has 0 spiro atoms. The van der Waals surface area contributed by atoms with Gasteiger partial charge in [-0.05, 0) is 6.42 Å². The molecule has 4 nitrogen and oxygen atoms in total. The molecule has 0 bridgehead atoms. The van der Waals surface area contributed by atoms with E-state index in [9.17, 15) is 9.59 Å². The van der Waals surface area contributed by atoms with Crippen molar-refractivity contribution in [2.45, 2.75) is 19.8 Å². The molecule has 12 heavy (non-hydrogen) atoms. The SMILES string of the molecule is CC(CCC(=O)N(C)C)C(=O)O. The minimum atomic E-state index is -0.846. The molecule has 1 N–H and O–H groups in total. The van der Waals surface area contributed by atoms with Gasteiger partial charge in [-0.3, -0.25) is 9.59 Å². The monoisotopic (exact) mass is 173 g/mol.